The van der Waals surface area contributed by atoms with Crippen LogP contribution >= 0.6 is 0 Å². The van der Waals surface area contributed by atoms with Crippen LogP contribution in [0.1, 0.15) is 5.56 Å². The average Bonchev–Trinajstić information content (AvgIpc) is 2.98. The van der Waals surface area contributed by atoms with Crippen molar-refractivity contribution in [2.45, 2.75) is 12.4 Å². The molecule has 0 spiro atoms. The summed E-state index contributed by atoms with van der Waals surface area (Å²) in [6, 6.07) is 4.13. The number of fused-ring (bicyclic) bond motifs is 1. The van der Waals surface area contributed by atoms with Gasteiger partial charge < -0.3 is 10.0 Å². The molecule has 0 bridgehead atoms. The van der Waals surface area contributed by atoms with Gasteiger partial charge in [-0.15, -0.1) is 0 Å². The van der Waals surface area contributed by atoms with Gasteiger partial charge in [0, 0.05) is 30.4 Å². The molecule has 1 aliphatic heterocycles. The predicted molar refractivity (Wildman–Crippen MR) is 79.6 cm³/mol. The zero-order valence-electron chi connectivity index (χ0n) is 13.0. The average molecular weight is 378 g/mol. The van der Waals surface area contributed by atoms with Crippen LogP contribution in [0, 0.1) is 11.8 Å². The molecule has 0 unspecified atom stereocenters. The maximum Gasteiger partial charge on any atom is 0.416 e. The predicted octanol–water partition coefficient (Wildman–Crippen LogP) is 3.95. The van der Waals surface area contributed by atoms with E-state index in [-0.39, 0.29) is 23.1 Å². The number of anilines is 1. The summed E-state index contributed by atoms with van der Waals surface area (Å²) in [6.45, 7) is -0.972. The van der Waals surface area contributed by atoms with Gasteiger partial charge >= 0.3 is 18.3 Å². The van der Waals surface area contributed by atoms with Gasteiger partial charge in [0.15, 0.2) is 0 Å². The molecule has 140 valence electrons. The number of pyridine rings is 1. The van der Waals surface area contributed by atoms with Gasteiger partial charge in [-0.2, -0.15) is 26.3 Å². The van der Waals surface area contributed by atoms with Gasteiger partial charge in [0.1, 0.15) is 0 Å². The molecule has 3 rings (SSSR count). The van der Waals surface area contributed by atoms with Crippen molar-refractivity contribution in [1.29, 1.82) is 0 Å². The lowest BCUT2D eigenvalue weighted by molar-refractivity contribution is -0.187. The van der Waals surface area contributed by atoms with E-state index in [0.717, 1.165) is 18.2 Å². The Kier molecular flexibility index (Phi) is 4.24. The lowest BCUT2D eigenvalue weighted by atomic mass is 9.96. The van der Waals surface area contributed by atoms with E-state index in [1.165, 1.54) is 17.2 Å². The van der Waals surface area contributed by atoms with Gasteiger partial charge in [-0.1, -0.05) is 6.07 Å². The van der Waals surface area contributed by atoms with Crippen molar-refractivity contribution in [1.82, 2.24) is 4.98 Å². The van der Waals surface area contributed by atoms with Gasteiger partial charge in [0.25, 0.3) is 0 Å². The molecule has 2 atom stereocenters. The molecule has 0 radical (unpaired) electrons. The first-order valence-electron chi connectivity index (χ1n) is 7.49. The molecule has 1 fully saturated rings. The van der Waals surface area contributed by atoms with Crippen LogP contribution < -0.4 is 4.90 Å². The molecule has 0 aliphatic carbocycles. The van der Waals surface area contributed by atoms with E-state index in [2.05, 4.69) is 4.98 Å². The molecule has 1 N–H and O–H groups in total. The number of hydrogen-bond donors (Lipinski definition) is 1. The van der Waals surface area contributed by atoms with Crippen molar-refractivity contribution < 1.29 is 36.2 Å². The summed E-state index contributed by atoms with van der Waals surface area (Å²) < 4.78 is 77.8. The highest BCUT2D eigenvalue weighted by molar-refractivity contribution is 5.92. The number of benzene rings is 1. The first-order chi connectivity index (χ1) is 12.0. The number of rotatable bonds is 2. The Morgan fingerprint density at radius 3 is 2.35 bits per heavy atom. The molecule has 1 saturated heterocycles. The zero-order chi connectivity index (χ0) is 19.3. The van der Waals surface area contributed by atoms with Crippen molar-refractivity contribution in [2.24, 2.45) is 11.8 Å². The normalized spacial score (nSPS) is 21.4. The van der Waals surface area contributed by atoms with Crippen LogP contribution in [-0.4, -0.2) is 35.3 Å². The Balaban J connectivity index is 2.02. The molecule has 1 aromatic carbocycles. The SMILES string of the molecule is O=C(O)[C@@H]1CN(c2ccnc3cc(C(F)(F)F)ccc23)C[C@H]1C(F)(F)F. The third-order valence-corrected chi connectivity index (χ3v) is 4.45. The summed E-state index contributed by atoms with van der Waals surface area (Å²) in [5, 5.41) is 9.32. The smallest absolute Gasteiger partial charge is 0.416 e. The van der Waals surface area contributed by atoms with Crippen molar-refractivity contribution >= 4 is 22.6 Å². The van der Waals surface area contributed by atoms with Crippen LogP contribution in [0.5, 0.6) is 0 Å². The van der Waals surface area contributed by atoms with Gasteiger partial charge in [0.2, 0.25) is 0 Å². The minimum atomic E-state index is -4.69. The lowest BCUT2D eigenvalue weighted by Crippen LogP contribution is -2.33. The first-order valence-corrected chi connectivity index (χ1v) is 7.49. The van der Waals surface area contributed by atoms with Crippen molar-refractivity contribution in [3.05, 3.63) is 36.0 Å². The zero-order valence-corrected chi connectivity index (χ0v) is 13.0. The molecule has 2 aromatic rings. The maximum atomic E-state index is 13.1. The third kappa shape index (κ3) is 3.27. The van der Waals surface area contributed by atoms with Gasteiger partial charge in [-0.05, 0) is 18.2 Å². The van der Waals surface area contributed by atoms with Gasteiger partial charge in [-0.25, -0.2) is 0 Å². The standard InChI is InChI=1S/C16H12F6N2O2/c17-15(18,19)8-1-2-9-12(5-8)23-4-3-13(9)24-6-10(14(25)26)11(7-24)16(20,21)22/h1-5,10-11H,6-7H2,(H,25,26)/t10-,11-/m1/s1. The van der Waals surface area contributed by atoms with E-state index in [1.54, 1.807) is 0 Å². The lowest BCUT2D eigenvalue weighted by Gasteiger charge is -2.21. The number of aliphatic carboxylic acids is 1. The highest BCUT2D eigenvalue weighted by Gasteiger charge is 2.52. The summed E-state index contributed by atoms with van der Waals surface area (Å²) in [5.41, 5.74) is -0.728. The second-order valence-electron chi connectivity index (χ2n) is 6.06. The minimum absolute atomic E-state index is 0.0281. The third-order valence-electron chi connectivity index (χ3n) is 4.45. The number of hydrogen-bond acceptors (Lipinski definition) is 3. The Labute approximate surface area is 143 Å². The fraction of sp³-hybridized carbons (Fsp3) is 0.375. The van der Waals surface area contributed by atoms with Crippen LogP contribution in [0.3, 0.4) is 0 Å². The molecular formula is C16H12F6N2O2. The number of carbonyl (C=O) groups is 1. The molecule has 0 saturated carbocycles. The summed E-state index contributed by atoms with van der Waals surface area (Å²) in [4.78, 5) is 16.3. The van der Waals surface area contributed by atoms with Gasteiger partial charge in [-0.3, -0.25) is 9.78 Å². The molecule has 1 aromatic heterocycles. The van der Waals surface area contributed by atoms with E-state index < -0.39 is 42.3 Å². The maximum absolute atomic E-state index is 13.1. The first kappa shape index (κ1) is 18.3. The second kappa shape index (κ2) is 6.03. The number of carboxylic acid groups (broad SMARTS) is 1. The van der Waals surface area contributed by atoms with Crippen LogP contribution in [0.15, 0.2) is 30.5 Å². The molecule has 2 heterocycles. The second-order valence-corrected chi connectivity index (χ2v) is 6.06. The Morgan fingerprint density at radius 2 is 1.81 bits per heavy atom. The molecule has 26 heavy (non-hydrogen) atoms. The molecule has 1 aliphatic rings. The molecule has 10 heteroatoms. The van der Waals surface area contributed by atoms with E-state index in [0.29, 0.717) is 0 Å². The quantitative estimate of drug-likeness (QED) is 0.804. The summed E-state index contributed by atoms with van der Waals surface area (Å²) in [7, 11) is 0. The summed E-state index contributed by atoms with van der Waals surface area (Å²) in [6.07, 6.45) is -8.08. The van der Waals surface area contributed by atoms with E-state index in [4.69, 9.17) is 5.11 Å². The fourth-order valence-corrected chi connectivity index (χ4v) is 3.17. The van der Waals surface area contributed by atoms with Crippen molar-refractivity contribution in [3.63, 3.8) is 0 Å². The summed E-state index contributed by atoms with van der Waals surface area (Å²) >= 11 is 0. The number of halogens is 6. The van der Waals surface area contributed by atoms with Crippen molar-refractivity contribution in [2.75, 3.05) is 18.0 Å². The number of aromatic nitrogens is 1. The van der Waals surface area contributed by atoms with E-state index in [1.807, 2.05) is 0 Å². The molecule has 0 amide bonds. The minimum Gasteiger partial charge on any atom is -0.481 e. The number of alkyl halides is 6. The highest BCUT2D eigenvalue weighted by Crippen LogP contribution is 2.41. The van der Waals surface area contributed by atoms with E-state index in [9.17, 15) is 31.1 Å². The monoisotopic (exact) mass is 378 g/mol. The van der Waals surface area contributed by atoms with Crippen LogP contribution in [0.25, 0.3) is 10.9 Å². The Morgan fingerprint density at radius 1 is 1.12 bits per heavy atom. The van der Waals surface area contributed by atoms with Crippen LogP contribution in [0.2, 0.25) is 0 Å². The van der Waals surface area contributed by atoms with Gasteiger partial charge in [0.05, 0.1) is 22.9 Å². The summed E-state index contributed by atoms with van der Waals surface area (Å²) in [5.74, 6) is -5.27. The molecular weight excluding hydrogens is 366 g/mol. The van der Waals surface area contributed by atoms with Crippen LogP contribution in [0.4, 0.5) is 32.0 Å². The largest absolute Gasteiger partial charge is 0.481 e. The van der Waals surface area contributed by atoms with Crippen molar-refractivity contribution in [3.8, 4) is 0 Å². The Hall–Kier alpha value is -2.52. The Bertz CT molecular complexity index is 849. The highest BCUT2D eigenvalue weighted by atomic mass is 19.4. The number of carboxylic acids is 1. The molecule has 4 nitrogen and oxygen atoms in total. The topological polar surface area (TPSA) is 53.4 Å². The fourth-order valence-electron chi connectivity index (χ4n) is 3.17. The number of nitrogens with zero attached hydrogens (tertiary/aromatic N) is 2. The van der Waals surface area contributed by atoms with E-state index >= 15 is 0 Å². The van der Waals surface area contributed by atoms with Crippen LogP contribution in [-0.2, 0) is 11.0 Å².